The molecule has 0 fully saturated rings. The second-order valence-electron chi connectivity index (χ2n) is 3.90. The standard InChI is InChI=1S/C10H18O.C2H4O2/c1-5-10(4,11)8-6-7-9(2)3;1-2(3)4/h5,7,11H,1,6,8H2,2-4H3;1H3,(H,3,4). The van der Waals surface area contributed by atoms with Gasteiger partial charge in [0.05, 0.1) is 5.60 Å². The van der Waals surface area contributed by atoms with Crippen LogP contribution in [0.25, 0.3) is 0 Å². The molecule has 0 bridgehead atoms. The van der Waals surface area contributed by atoms with Crippen LogP contribution in [0.5, 0.6) is 0 Å². The second-order valence-corrected chi connectivity index (χ2v) is 3.90. The predicted molar refractivity (Wildman–Crippen MR) is 62.8 cm³/mol. The summed E-state index contributed by atoms with van der Waals surface area (Å²) in [5.41, 5.74) is 0.594. The molecule has 2 N–H and O–H groups in total. The van der Waals surface area contributed by atoms with Gasteiger partial charge in [0.25, 0.3) is 5.97 Å². The molecule has 0 aromatic rings. The Morgan fingerprint density at radius 1 is 1.40 bits per heavy atom. The second kappa shape index (κ2) is 8.24. The third kappa shape index (κ3) is 19.4. The van der Waals surface area contributed by atoms with Crippen LogP contribution < -0.4 is 0 Å². The van der Waals surface area contributed by atoms with E-state index in [2.05, 4.69) is 26.5 Å². The minimum absolute atomic E-state index is 0.702. The summed E-state index contributed by atoms with van der Waals surface area (Å²) in [6.07, 6.45) is 5.38. The summed E-state index contributed by atoms with van der Waals surface area (Å²) < 4.78 is 0. The van der Waals surface area contributed by atoms with E-state index in [-0.39, 0.29) is 0 Å². The first-order valence-electron chi connectivity index (χ1n) is 4.90. The lowest BCUT2D eigenvalue weighted by molar-refractivity contribution is -0.134. The summed E-state index contributed by atoms with van der Waals surface area (Å²) in [5, 5.41) is 16.9. The number of aliphatic hydroxyl groups is 1. The number of carboxylic acid groups (broad SMARTS) is 1. The quantitative estimate of drug-likeness (QED) is 0.707. The van der Waals surface area contributed by atoms with Crippen molar-refractivity contribution in [2.24, 2.45) is 0 Å². The predicted octanol–water partition coefficient (Wildman–Crippen LogP) is 2.76. The van der Waals surface area contributed by atoms with Crippen LogP contribution >= 0.6 is 0 Å². The van der Waals surface area contributed by atoms with Crippen LogP contribution in [0.1, 0.15) is 40.5 Å². The molecule has 0 aromatic carbocycles. The molecule has 0 aliphatic rings. The lowest BCUT2D eigenvalue weighted by Gasteiger charge is -2.16. The van der Waals surface area contributed by atoms with Gasteiger partial charge in [0.1, 0.15) is 0 Å². The molecule has 0 radical (unpaired) electrons. The van der Waals surface area contributed by atoms with Gasteiger partial charge in [0.15, 0.2) is 0 Å². The molecule has 0 aliphatic heterocycles. The summed E-state index contributed by atoms with van der Waals surface area (Å²) in [7, 11) is 0. The molecule has 0 aliphatic carbocycles. The Hall–Kier alpha value is -1.09. The molecule has 0 spiro atoms. The summed E-state index contributed by atoms with van der Waals surface area (Å²) in [6.45, 7) is 10.5. The maximum absolute atomic E-state index is 9.49. The van der Waals surface area contributed by atoms with Crippen LogP contribution in [0.15, 0.2) is 24.3 Å². The van der Waals surface area contributed by atoms with E-state index in [1.807, 2.05) is 0 Å². The molecule has 0 rings (SSSR count). The van der Waals surface area contributed by atoms with Gasteiger partial charge < -0.3 is 10.2 Å². The number of hydrogen-bond acceptors (Lipinski definition) is 2. The van der Waals surface area contributed by atoms with Gasteiger partial charge in [-0.3, -0.25) is 4.79 Å². The van der Waals surface area contributed by atoms with Gasteiger partial charge in [0.2, 0.25) is 0 Å². The van der Waals surface area contributed by atoms with E-state index in [1.54, 1.807) is 13.0 Å². The Morgan fingerprint density at radius 3 is 2.07 bits per heavy atom. The zero-order valence-electron chi connectivity index (χ0n) is 10.1. The summed E-state index contributed by atoms with van der Waals surface area (Å²) in [6, 6.07) is 0. The van der Waals surface area contributed by atoms with Gasteiger partial charge in [-0.05, 0) is 33.6 Å². The molecule has 0 amide bonds. The first kappa shape index (κ1) is 16.3. The van der Waals surface area contributed by atoms with Crippen LogP contribution in [0.4, 0.5) is 0 Å². The van der Waals surface area contributed by atoms with Crippen molar-refractivity contribution in [3.63, 3.8) is 0 Å². The van der Waals surface area contributed by atoms with Crippen LogP contribution in [0.2, 0.25) is 0 Å². The molecule has 1 atom stereocenters. The zero-order chi connectivity index (χ0) is 12.5. The van der Waals surface area contributed by atoms with E-state index < -0.39 is 11.6 Å². The lowest BCUT2D eigenvalue weighted by atomic mass is 10.00. The van der Waals surface area contributed by atoms with Gasteiger partial charge >= 0.3 is 0 Å². The highest BCUT2D eigenvalue weighted by molar-refractivity contribution is 5.62. The molecular weight excluding hydrogens is 192 g/mol. The minimum Gasteiger partial charge on any atom is -0.481 e. The van der Waals surface area contributed by atoms with Crippen LogP contribution in [-0.2, 0) is 4.79 Å². The van der Waals surface area contributed by atoms with E-state index in [0.29, 0.717) is 0 Å². The summed E-state index contributed by atoms with van der Waals surface area (Å²) in [5.74, 6) is -0.833. The Balaban J connectivity index is 0. The van der Waals surface area contributed by atoms with Gasteiger partial charge in [0, 0.05) is 6.92 Å². The smallest absolute Gasteiger partial charge is 0.300 e. The van der Waals surface area contributed by atoms with Gasteiger partial charge in [-0.1, -0.05) is 17.7 Å². The van der Waals surface area contributed by atoms with E-state index >= 15 is 0 Å². The highest BCUT2D eigenvalue weighted by Gasteiger charge is 2.12. The molecule has 1 unspecified atom stereocenters. The van der Waals surface area contributed by atoms with E-state index in [4.69, 9.17) is 9.90 Å². The fourth-order valence-electron chi connectivity index (χ4n) is 0.755. The van der Waals surface area contributed by atoms with Crippen LogP contribution in [0.3, 0.4) is 0 Å². The highest BCUT2D eigenvalue weighted by Crippen LogP contribution is 2.13. The van der Waals surface area contributed by atoms with Crippen molar-refractivity contribution in [1.82, 2.24) is 0 Å². The van der Waals surface area contributed by atoms with Crippen LogP contribution in [-0.4, -0.2) is 21.8 Å². The van der Waals surface area contributed by atoms with Crippen molar-refractivity contribution >= 4 is 5.97 Å². The Morgan fingerprint density at radius 2 is 1.80 bits per heavy atom. The molecular formula is C12H22O3. The number of allylic oxidation sites excluding steroid dienone is 2. The SMILES string of the molecule is C=CC(C)(O)CCC=C(C)C.CC(=O)O. The van der Waals surface area contributed by atoms with E-state index in [9.17, 15) is 5.11 Å². The average molecular weight is 214 g/mol. The monoisotopic (exact) mass is 214 g/mol. The molecule has 88 valence electrons. The third-order valence-corrected chi connectivity index (χ3v) is 1.64. The molecule has 3 heteroatoms. The summed E-state index contributed by atoms with van der Waals surface area (Å²) in [4.78, 5) is 9.00. The van der Waals surface area contributed by atoms with E-state index in [1.165, 1.54) is 5.57 Å². The first-order valence-corrected chi connectivity index (χ1v) is 4.90. The minimum atomic E-state index is -0.833. The van der Waals surface area contributed by atoms with Gasteiger partial charge in [-0.15, -0.1) is 6.58 Å². The molecule has 0 aromatic heterocycles. The Labute approximate surface area is 92.1 Å². The summed E-state index contributed by atoms with van der Waals surface area (Å²) >= 11 is 0. The average Bonchev–Trinajstić information content (AvgIpc) is 2.02. The highest BCUT2D eigenvalue weighted by atomic mass is 16.4. The first-order chi connectivity index (χ1) is 6.71. The zero-order valence-corrected chi connectivity index (χ0v) is 10.1. The number of hydrogen-bond donors (Lipinski definition) is 2. The molecule has 15 heavy (non-hydrogen) atoms. The third-order valence-electron chi connectivity index (χ3n) is 1.64. The maximum Gasteiger partial charge on any atom is 0.300 e. The molecule has 0 heterocycles. The van der Waals surface area contributed by atoms with Crippen molar-refractivity contribution in [3.05, 3.63) is 24.3 Å². The number of rotatable bonds is 4. The van der Waals surface area contributed by atoms with Gasteiger partial charge in [-0.2, -0.15) is 0 Å². The van der Waals surface area contributed by atoms with Crippen molar-refractivity contribution in [2.75, 3.05) is 0 Å². The van der Waals surface area contributed by atoms with Crippen molar-refractivity contribution in [3.8, 4) is 0 Å². The number of carbonyl (C=O) groups is 1. The van der Waals surface area contributed by atoms with Crippen molar-refractivity contribution < 1.29 is 15.0 Å². The molecule has 0 saturated heterocycles. The molecule has 0 saturated carbocycles. The fraction of sp³-hybridized carbons (Fsp3) is 0.583. The molecule has 3 nitrogen and oxygen atoms in total. The van der Waals surface area contributed by atoms with Crippen LogP contribution in [0, 0.1) is 0 Å². The normalized spacial score (nSPS) is 12.9. The lowest BCUT2D eigenvalue weighted by Crippen LogP contribution is -2.19. The largest absolute Gasteiger partial charge is 0.481 e. The fourth-order valence-corrected chi connectivity index (χ4v) is 0.755. The maximum atomic E-state index is 9.49. The van der Waals surface area contributed by atoms with Crippen molar-refractivity contribution in [2.45, 2.75) is 46.1 Å². The number of aliphatic carboxylic acids is 1. The Bertz CT molecular complexity index is 219. The van der Waals surface area contributed by atoms with Gasteiger partial charge in [-0.25, -0.2) is 0 Å². The Kier molecular flexibility index (Phi) is 8.98. The topological polar surface area (TPSA) is 57.5 Å². The van der Waals surface area contributed by atoms with Crippen molar-refractivity contribution in [1.29, 1.82) is 0 Å². The number of carboxylic acids is 1. The van der Waals surface area contributed by atoms with E-state index in [0.717, 1.165) is 19.8 Å².